The van der Waals surface area contributed by atoms with Crippen LogP contribution in [0.4, 0.5) is 0 Å². The number of halogens is 1. The van der Waals surface area contributed by atoms with E-state index in [1.165, 1.54) is 5.56 Å². The van der Waals surface area contributed by atoms with Crippen LogP contribution in [0.3, 0.4) is 0 Å². The molecule has 0 spiro atoms. The van der Waals surface area contributed by atoms with E-state index in [9.17, 15) is 0 Å². The molecule has 3 rings (SSSR count). The van der Waals surface area contributed by atoms with Gasteiger partial charge in [-0.3, -0.25) is 4.90 Å². The second kappa shape index (κ2) is 7.55. The highest BCUT2D eigenvalue weighted by Crippen LogP contribution is 2.28. The first-order chi connectivity index (χ1) is 11.6. The minimum absolute atomic E-state index is 0.198. The molecule has 0 unspecified atom stereocenters. The first-order valence-corrected chi connectivity index (χ1v) is 8.46. The minimum atomic E-state index is 0.198. The largest absolute Gasteiger partial charge is 0.495 e. The van der Waals surface area contributed by atoms with E-state index in [4.69, 9.17) is 25.6 Å². The van der Waals surface area contributed by atoms with Crippen molar-refractivity contribution in [2.75, 3.05) is 27.3 Å². The molecule has 0 saturated carbocycles. The first kappa shape index (κ1) is 17.3. The number of nitrogens with zero attached hydrogens (tertiary/aromatic N) is 2. The molecule has 1 aromatic carbocycles. The fraction of sp³-hybridized carbons (Fsp3) is 0.500. The normalized spacial score (nSPS) is 21.3. The van der Waals surface area contributed by atoms with Crippen LogP contribution in [0.5, 0.6) is 5.75 Å². The molecule has 1 aromatic heterocycles. The zero-order valence-corrected chi connectivity index (χ0v) is 15.0. The lowest BCUT2D eigenvalue weighted by Crippen LogP contribution is -2.23. The number of hydrogen-bond donors (Lipinski definition) is 0. The Balaban J connectivity index is 1.64. The average Bonchev–Trinajstić information content (AvgIpc) is 3.14. The summed E-state index contributed by atoms with van der Waals surface area (Å²) in [6, 6.07) is 7.93. The van der Waals surface area contributed by atoms with Gasteiger partial charge in [0.1, 0.15) is 11.5 Å². The lowest BCUT2D eigenvalue weighted by molar-refractivity contribution is 0.0761. The number of rotatable bonds is 6. The third-order valence-electron chi connectivity index (χ3n) is 4.52. The molecule has 0 amide bonds. The molecule has 1 saturated heterocycles. The quantitative estimate of drug-likeness (QED) is 0.799. The molecule has 0 bridgehead atoms. The van der Waals surface area contributed by atoms with E-state index in [0.717, 1.165) is 37.5 Å². The minimum Gasteiger partial charge on any atom is -0.495 e. The number of hydrogen-bond acceptors (Lipinski definition) is 5. The average molecular weight is 351 g/mol. The van der Waals surface area contributed by atoms with Crippen LogP contribution >= 0.6 is 11.6 Å². The van der Waals surface area contributed by atoms with Crippen molar-refractivity contribution in [1.29, 1.82) is 0 Å². The van der Waals surface area contributed by atoms with E-state index in [2.05, 4.69) is 16.1 Å². The summed E-state index contributed by atoms with van der Waals surface area (Å²) in [7, 11) is 3.40. The van der Waals surface area contributed by atoms with E-state index in [1.807, 2.05) is 25.1 Å². The maximum Gasteiger partial charge on any atom is 0.137 e. The second-order valence-electron chi connectivity index (χ2n) is 6.34. The lowest BCUT2D eigenvalue weighted by Gasteiger charge is -2.16. The van der Waals surface area contributed by atoms with Crippen LogP contribution in [-0.2, 0) is 17.7 Å². The Hall–Kier alpha value is -1.56. The molecule has 0 radical (unpaired) electrons. The van der Waals surface area contributed by atoms with E-state index >= 15 is 0 Å². The topological polar surface area (TPSA) is 47.7 Å². The molecule has 0 N–H and O–H groups in total. The Morgan fingerprint density at radius 1 is 1.29 bits per heavy atom. The van der Waals surface area contributed by atoms with Gasteiger partial charge in [0.15, 0.2) is 0 Å². The summed E-state index contributed by atoms with van der Waals surface area (Å²) in [6.07, 6.45) is 1.04. The Morgan fingerprint density at radius 2 is 2.12 bits per heavy atom. The smallest absolute Gasteiger partial charge is 0.137 e. The Kier molecular flexibility index (Phi) is 5.43. The predicted octanol–water partition coefficient (Wildman–Crippen LogP) is 3.33. The fourth-order valence-corrected chi connectivity index (χ4v) is 3.64. The molecule has 1 aliphatic heterocycles. The number of aryl methyl sites for hydroxylation is 1. The van der Waals surface area contributed by atoms with Crippen LogP contribution in [0.2, 0.25) is 5.02 Å². The number of likely N-dealkylation sites (tertiary alicyclic amines) is 1. The van der Waals surface area contributed by atoms with Crippen LogP contribution in [0.1, 0.15) is 17.0 Å². The van der Waals surface area contributed by atoms with E-state index in [-0.39, 0.29) is 6.10 Å². The maximum absolute atomic E-state index is 6.22. The molecule has 130 valence electrons. The van der Waals surface area contributed by atoms with Gasteiger partial charge in [-0.05, 0) is 24.6 Å². The van der Waals surface area contributed by atoms with Crippen molar-refractivity contribution in [3.05, 3.63) is 46.3 Å². The van der Waals surface area contributed by atoms with Crippen LogP contribution in [-0.4, -0.2) is 43.5 Å². The number of ether oxygens (including phenoxy) is 2. The van der Waals surface area contributed by atoms with Gasteiger partial charge in [-0.1, -0.05) is 22.8 Å². The predicted molar refractivity (Wildman–Crippen MR) is 92.5 cm³/mol. The van der Waals surface area contributed by atoms with Crippen molar-refractivity contribution in [2.24, 2.45) is 5.92 Å². The summed E-state index contributed by atoms with van der Waals surface area (Å²) in [5.74, 6) is 2.03. The number of benzene rings is 1. The zero-order valence-electron chi connectivity index (χ0n) is 14.3. The molecular formula is C18H23ClN2O3. The summed E-state index contributed by atoms with van der Waals surface area (Å²) >= 11 is 6.22. The molecule has 24 heavy (non-hydrogen) atoms. The van der Waals surface area contributed by atoms with Crippen molar-refractivity contribution < 1.29 is 14.0 Å². The summed E-state index contributed by atoms with van der Waals surface area (Å²) in [4.78, 5) is 2.39. The van der Waals surface area contributed by atoms with Gasteiger partial charge >= 0.3 is 0 Å². The van der Waals surface area contributed by atoms with Crippen molar-refractivity contribution in [3.63, 3.8) is 0 Å². The first-order valence-electron chi connectivity index (χ1n) is 8.08. The van der Waals surface area contributed by atoms with Crippen molar-refractivity contribution in [1.82, 2.24) is 10.1 Å². The second-order valence-corrected chi connectivity index (χ2v) is 6.74. The third-order valence-corrected chi connectivity index (χ3v) is 4.82. The van der Waals surface area contributed by atoms with Crippen LogP contribution in [0.25, 0.3) is 0 Å². The van der Waals surface area contributed by atoms with Gasteiger partial charge in [-0.25, -0.2) is 0 Å². The summed E-state index contributed by atoms with van der Waals surface area (Å²) in [5, 5.41) is 4.61. The highest BCUT2D eigenvalue weighted by molar-refractivity contribution is 6.32. The standard InChI is InChI=1S/C18H23ClN2O3/c1-12-6-15(24-20-12)8-14-10-21(11-18(14)23-3)9-13-4-5-17(22-2)16(19)7-13/h4-7,14,18H,8-11H2,1-3H3/t14-,18+/m1/s1. The monoisotopic (exact) mass is 350 g/mol. The lowest BCUT2D eigenvalue weighted by atomic mass is 10.0. The van der Waals surface area contributed by atoms with Crippen LogP contribution < -0.4 is 4.74 Å². The van der Waals surface area contributed by atoms with E-state index in [0.29, 0.717) is 16.7 Å². The van der Waals surface area contributed by atoms with Gasteiger partial charge in [0.25, 0.3) is 0 Å². The maximum atomic E-state index is 6.22. The summed E-state index contributed by atoms with van der Waals surface area (Å²) in [5.41, 5.74) is 2.09. The summed E-state index contributed by atoms with van der Waals surface area (Å²) in [6.45, 7) is 4.64. The third kappa shape index (κ3) is 3.91. The highest BCUT2D eigenvalue weighted by atomic mass is 35.5. The van der Waals surface area contributed by atoms with Crippen molar-refractivity contribution >= 4 is 11.6 Å². The molecule has 0 aliphatic carbocycles. The molecule has 6 heteroatoms. The van der Waals surface area contributed by atoms with Crippen LogP contribution in [0.15, 0.2) is 28.8 Å². The Labute approximate surface area is 147 Å². The van der Waals surface area contributed by atoms with Gasteiger partial charge in [-0.15, -0.1) is 0 Å². The van der Waals surface area contributed by atoms with E-state index in [1.54, 1.807) is 14.2 Å². The Bertz CT molecular complexity index is 689. The van der Waals surface area contributed by atoms with Gasteiger partial charge < -0.3 is 14.0 Å². The van der Waals surface area contributed by atoms with Gasteiger partial charge in [0.05, 0.1) is 23.9 Å². The zero-order chi connectivity index (χ0) is 17.1. The molecular weight excluding hydrogens is 328 g/mol. The molecule has 1 aliphatic rings. The SMILES string of the molecule is COc1ccc(CN2C[C@@H](Cc3cc(C)no3)[C@@H](OC)C2)cc1Cl. The molecule has 2 aromatic rings. The summed E-state index contributed by atoms with van der Waals surface area (Å²) < 4.78 is 16.2. The molecule has 1 fully saturated rings. The number of methoxy groups -OCH3 is 2. The molecule has 2 atom stereocenters. The molecule has 2 heterocycles. The van der Waals surface area contributed by atoms with Gasteiger partial charge in [-0.2, -0.15) is 0 Å². The van der Waals surface area contributed by atoms with Crippen molar-refractivity contribution in [2.45, 2.75) is 26.0 Å². The van der Waals surface area contributed by atoms with E-state index < -0.39 is 0 Å². The molecule has 5 nitrogen and oxygen atoms in total. The number of aromatic nitrogens is 1. The van der Waals surface area contributed by atoms with Gasteiger partial charge in [0, 0.05) is 45.1 Å². The van der Waals surface area contributed by atoms with Gasteiger partial charge in [0.2, 0.25) is 0 Å². The fourth-order valence-electron chi connectivity index (χ4n) is 3.36. The van der Waals surface area contributed by atoms with Crippen LogP contribution in [0, 0.1) is 12.8 Å². The Morgan fingerprint density at radius 3 is 2.75 bits per heavy atom. The van der Waals surface area contributed by atoms with Crippen molar-refractivity contribution in [3.8, 4) is 5.75 Å². The highest BCUT2D eigenvalue weighted by Gasteiger charge is 2.33.